The SMILES string of the molecule is C=CCCCCCCCC(CO)C(O)CCc1ccccc1. The van der Waals surface area contributed by atoms with Crippen LogP contribution in [0.2, 0.25) is 0 Å². The van der Waals surface area contributed by atoms with Crippen LogP contribution < -0.4 is 0 Å². The van der Waals surface area contributed by atoms with Gasteiger partial charge >= 0.3 is 0 Å². The van der Waals surface area contributed by atoms with E-state index >= 15 is 0 Å². The predicted octanol–water partition coefficient (Wildman–Crippen LogP) is 4.51. The van der Waals surface area contributed by atoms with Crippen molar-refractivity contribution < 1.29 is 10.2 Å². The topological polar surface area (TPSA) is 40.5 Å². The van der Waals surface area contributed by atoms with E-state index in [0.717, 1.165) is 32.1 Å². The zero-order valence-corrected chi connectivity index (χ0v) is 13.8. The highest BCUT2D eigenvalue weighted by molar-refractivity contribution is 5.14. The molecule has 0 bridgehead atoms. The molecule has 0 saturated carbocycles. The van der Waals surface area contributed by atoms with E-state index in [1.54, 1.807) is 0 Å². The largest absolute Gasteiger partial charge is 0.396 e. The summed E-state index contributed by atoms with van der Waals surface area (Å²) in [5.41, 5.74) is 1.25. The van der Waals surface area contributed by atoms with Crippen molar-refractivity contribution in [3.8, 4) is 0 Å². The van der Waals surface area contributed by atoms with Gasteiger partial charge in [0.2, 0.25) is 0 Å². The Morgan fingerprint density at radius 3 is 2.32 bits per heavy atom. The number of rotatable bonds is 13. The van der Waals surface area contributed by atoms with Crippen LogP contribution in [0, 0.1) is 5.92 Å². The fourth-order valence-electron chi connectivity index (χ4n) is 2.83. The second-order valence-electron chi connectivity index (χ2n) is 6.17. The second-order valence-corrected chi connectivity index (χ2v) is 6.17. The number of hydrogen-bond donors (Lipinski definition) is 2. The van der Waals surface area contributed by atoms with Gasteiger partial charge in [-0.25, -0.2) is 0 Å². The lowest BCUT2D eigenvalue weighted by Gasteiger charge is -2.21. The van der Waals surface area contributed by atoms with Gasteiger partial charge in [0.05, 0.1) is 6.10 Å². The van der Waals surface area contributed by atoms with E-state index in [1.165, 1.54) is 31.2 Å². The van der Waals surface area contributed by atoms with Gasteiger partial charge in [-0.2, -0.15) is 0 Å². The first-order valence-electron chi connectivity index (χ1n) is 8.71. The summed E-state index contributed by atoms with van der Waals surface area (Å²) in [6, 6.07) is 10.2. The molecule has 2 atom stereocenters. The van der Waals surface area contributed by atoms with E-state index in [4.69, 9.17) is 0 Å². The zero-order chi connectivity index (χ0) is 16.0. The summed E-state index contributed by atoms with van der Waals surface area (Å²) in [4.78, 5) is 0. The third-order valence-corrected chi connectivity index (χ3v) is 4.33. The Morgan fingerprint density at radius 1 is 0.955 bits per heavy atom. The minimum Gasteiger partial charge on any atom is -0.396 e. The van der Waals surface area contributed by atoms with Crippen molar-refractivity contribution in [3.05, 3.63) is 48.6 Å². The van der Waals surface area contributed by atoms with Gasteiger partial charge in [-0.05, 0) is 37.7 Å². The number of aliphatic hydroxyl groups is 2. The fourth-order valence-corrected chi connectivity index (χ4v) is 2.83. The highest BCUT2D eigenvalue weighted by atomic mass is 16.3. The summed E-state index contributed by atoms with van der Waals surface area (Å²) < 4.78 is 0. The first kappa shape index (κ1) is 18.9. The third kappa shape index (κ3) is 8.35. The summed E-state index contributed by atoms with van der Waals surface area (Å²) in [5, 5.41) is 19.8. The monoisotopic (exact) mass is 304 g/mol. The molecule has 124 valence electrons. The lowest BCUT2D eigenvalue weighted by molar-refractivity contribution is 0.0550. The molecule has 1 rings (SSSR count). The Hall–Kier alpha value is -1.12. The number of aryl methyl sites for hydroxylation is 1. The van der Waals surface area contributed by atoms with Gasteiger partial charge in [-0.15, -0.1) is 6.58 Å². The van der Waals surface area contributed by atoms with Crippen molar-refractivity contribution in [2.24, 2.45) is 5.92 Å². The van der Waals surface area contributed by atoms with Gasteiger partial charge in [0.1, 0.15) is 0 Å². The number of benzene rings is 1. The first-order valence-corrected chi connectivity index (χ1v) is 8.71. The lowest BCUT2D eigenvalue weighted by atomic mass is 9.92. The molecule has 0 aliphatic heterocycles. The number of unbranched alkanes of at least 4 members (excludes halogenated alkanes) is 5. The van der Waals surface area contributed by atoms with Crippen LogP contribution in [0.15, 0.2) is 43.0 Å². The van der Waals surface area contributed by atoms with E-state index in [2.05, 4.69) is 18.7 Å². The van der Waals surface area contributed by atoms with Gasteiger partial charge in [0.15, 0.2) is 0 Å². The summed E-state index contributed by atoms with van der Waals surface area (Å²) in [6.45, 7) is 3.82. The van der Waals surface area contributed by atoms with Crippen LogP contribution in [0.5, 0.6) is 0 Å². The van der Waals surface area contributed by atoms with Crippen LogP contribution in [-0.4, -0.2) is 22.9 Å². The molecule has 0 fully saturated rings. The third-order valence-electron chi connectivity index (χ3n) is 4.33. The number of allylic oxidation sites excluding steroid dienone is 1. The molecule has 0 aromatic heterocycles. The van der Waals surface area contributed by atoms with Crippen molar-refractivity contribution in [3.63, 3.8) is 0 Å². The minimum absolute atomic E-state index is 0.0249. The molecule has 2 N–H and O–H groups in total. The molecule has 2 heteroatoms. The van der Waals surface area contributed by atoms with Crippen LogP contribution in [0.1, 0.15) is 56.9 Å². The van der Waals surface area contributed by atoms with Crippen LogP contribution in [0.3, 0.4) is 0 Å². The smallest absolute Gasteiger partial charge is 0.0593 e. The molecule has 0 aliphatic rings. The van der Waals surface area contributed by atoms with Crippen LogP contribution in [0.4, 0.5) is 0 Å². The molecule has 1 aromatic carbocycles. The van der Waals surface area contributed by atoms with Gasteiger partial charge in [0.25, 0.3) is 0 Å². The maximum atomic E-state index is 10.3. The number of hydrogen-bond acceptors (Lipinski definition) is 2. The van der Waals surface area contributed by atoms with Crippen molar-refractivity contribution in [2.45, 2.75) is 63.9 Å². The Morgan fingerprint density at radius 2 is 1.64 bits per heavy atom. The summed E-state index contributed by atoms with van der Waals surface area (Å²) in [6.07, 6.45) is 11.2. The molecule has 0 aliphatic carbocycles. The quantitative estimate of drug-likeness (QED) is 0.416. The minimum atomic E-state index is -0.397. The van der Waals surface area contributed by atoms with Crippen LogP contribution in [0.25, 0.3) is 0 Å². The molecule has 0 radical (unpaired) electrons. The first-order chi connectivity index (χ1) is 10.8. The van der Waals surface area contributed by atoms with E-state index in [1.807, 2.05) is 24.3 Å². The molecule has 0 amide bonds. The van der Waals surface area contributed by atoms with E-state index in [9.17, 15) is 10.2 Å². The summed E-state index contributed by atoms with van der Waals surface area (Å²) >= 11 is 0. The number of aliphatic hydroxyl groups excluding tert-OH is 2. The van der Waals surface area contributed by atoms with Gasteiger partial charge in [-0.3, -0.25) is 0 Å². The second kappa shape index (κ2) is 12.4. The maximum absolute atomic E-state index is 10.3. The van der Waals surface area contributed by atoms with Crippen LogP contribution >= 0.6 is 0 Å². The van der Waals surface area contributed by atoms with Gasteiger partial charge < -0.3 is 10.2 Å². The molecular formula is C20H32O2. The van der Waals surface area contributed by atoms with E-state index in [0.29, 0.717) is 0 Å². The van der Waals surface area contributed by atoms with Crippen molar-refractivity contribution >= 4 is 0 Å². The van der Waals surface area contributed by atoms with Gasteiger partial charge in [0, 0.05) is 12.5 Å². The molecule has 0 heterocycles. The van der Waals surface area contributed by atoms with Gasteiger partial charge in [-0.1, -0.05) is 62.1 Å². The lowest BCUT2D eigenvalue weighted by Crippen LogP contribution is -2.24. The fraction of sp³-hybridized carbons (Fsp3) is 0.600. The normalized spacial score (nSPS) is 13.7. The molecule has 1 aromatic rings. The summed E-state index contributed by atoms with van der Waals surface area (Å²) in [7, 11) is 0. The molecule has 2 unspecified atom stereocenters. The Bertz CT molecular complexity index is 375. The average Bonchev–Trinajstić information content (AvgIpc) is 2.56. The highest BCUT2D eigenvalue weighted by Crippen LogP contribution is 2.18. The van der Waals surface area contributed by atoms with Crippen molar-refractivity contribution in [1.82, 2.24) is 0 Å². The molecule has 0 spiro atoms. The molecule has 22 heavy (non-hydrogen) atoms. The van der Waals surface area contributed by atoms with Crippen molar-refractivity contribution in [1.29, 1.82) is 0 Å². The average molecular weight is 304 g/mol. The molecule has 2 nitrogen and oxygen atoms in total. The Kier molecular flexibility index (Phi) is 10.7. The maximum Gasteiger partial charge on any atom is 0.0593 e. The molecule has 0 saturated heterocycles. The Labute approximate surface area is 135 Å². The Balaban J connectivity index is 2.15. The zero-order valence-electron chi connectivity index (χ0n) is 13.8. The molecular weight excluding hydrogens is 272 g/mol. The van der Waals surface area contributed by atoms with E-state index < -0.39 is 6.10 Å². The van der Waals surface area contributed by atoms with Crippen LogP contribution in [-0.2, 0) is 6.42 Å². The highest BCUT2D eigenvalue weighted by Gasteiger charge is 2.17. The predicted molar refractivity (Wildman–Crippen MR) is 93.9 cm³/mol. The standard InChI is InChI=1S/C20H32O2/c1-2-3-4-5-6-7-11-14-19(17-21)20(22)16-15-18-12-9-8-10-13-18/h2,8-10,12-13,19-22H,1,3-7,11,14-17H2. The summed E-state index contributed by atoms with van der Waals surface area (Å²) in [5.74, 6) is 0.0249. The van der Waals surface area contributed by atoms with Crippen molar-refractivity contribution in [2.75, 3.05) is 6.61 Å². The van der Waals surface area contributed by atoms with E-state index in [-0.39, 0.29) is 12.5 Å².